The molecule has 4 nitrogen and oxygen atoms in total. The molecule has 1 aromatic carbocycles. The number of hydrogen-bond acceptors (Lipinski definition) is 4. The van der Waals surface area contributed by atoms with Gasteiger partial charge in [-0.3, -0.25) is 0 Å². The second kappa shape index (κ2) is 6.68. The fourth-order valence-electron chi connectivity index (χ4n) is 1.42. The molecule has 0 amide bonds. The lowest BCUT2D eigenvalue weighted by Crippen LogP contribution is -2.02. The van der Waals surface area contributed by atoms with E-state index in [1.807, 2.05) is 45.0 Å². The quantitative estimate of drug-likeness (QED) is 0.580. The lowest BCUT2D eigenvalue weighted by atomic mass is 10.0. The van der Waals surface area contributed by atoms with Gasteiger partial charge in [-0.25, -0.2) is 0 Å². The highest BCUT2D eigenvalue weighted by molar-refractivity contribution is 5.99. The zero-order chi connectivity index (χ0) is 12.7. The zero-order valence-electron chi connectivity index (χ0n) is 10.7. The van der Waals surface area contributed by atoms with Gasteiger partial charge in [-0.1, -0.05) is 34.6 Å². The van der Waals surface area contributed by atoms with Crippen LogP contribution < -0.4 is 0 Å². The first-order valence-electron chi connectivity index (χ1n) is 5.44. The number of rotatable bonds is 5. The van der Waals surface area contributed by atoms with Crippen molar-refractivity contribution in [2.45, 2.75) is 27.4 Å². The van der Waals surface area contributed by atoms with Gasteiger partial charge >= 0.3 is 0 Å². The van der Waals surface area contributed by atoms with Gasteiger partial charge in [-0.05, 0) is 20.8 Å². The molecule has 0 saturated heterocycles. The molecule has 0 aliphatic heterocycles. The van der Waals surface area contributed by atoms with E-state index in [4.69, 9.17) is 9.68 Å². The van der Waals surface area contributed by atoms with Gasteiger partial charge in [0.15, 0.2) is 0 Å². The molecule has 0 unspecified atom stereocenters. The Labute approximate surface area is 102 Å². The van der Waals surface area contributed by atoms with Crippen molar-refractivity contribution in [3.05, 3.63) is 35.4 Å². The van der Waals surface area contributed by atoms with E-state index in [2.05, 4.69) is 10.3 Å². The molecule has 0 fully saturated rings. The van der Waals surface area contributed by atoms with Crippen LogP contribution in [0.2, 0.25) is 0 Å². The molecule has 0 spiro atoms. The first-order valence-corrected chi connectivity index (χ1v) is 5.44. The molecule has 0 aliphatic rings. The second-order valence-corrected chi connectivity index (χ2v) is 3.83. The van der Waals surface area contributed by atoms with Gasteiger partial charge in [-0.15, -0.1) is 0 Å². The van der Waals surface area contributed by atoms with Crippen molar-refractivity contribution in [2.75, 3.05) is 7.11 Å². The van der Waals surface area contributed by atoms with Gasteiger partial charge in [0.25, 0.3) is 0 Å². The van der Waals surface area contributed by atoms with Crippen LogP contribution in [0.15, 0.2) is 34.6 Å². The van der Waals surface area contributed by atoms with Crippen LogP contribution in [0.4, 0.5) is 0 Å². The maximum absolute atomic E-state index is 5.24. The summed E-state index contributed by atoms with van der Waals surface area (Å²) in [4.78, 5) is 10.0. The van der Waals surface area contributed by atoms with Gasteiger partial charge in [0, 0.05) is 11.1 Å². The normalized spacial score (nSPS) is 10.9. The van der Waals surface area contributed by atoms with Crippen LogP contribution in [-0.4, -0.2) is 18.5 Å². The van der Waals surface area contributed by atoms with Crippen molar-refractivity contribution in [3.8, 4) is 0 Å². The largest absolute Gasteiger partial charge is 0.399 e. The zero-order valence-corrected chi connectivity index (χ0v) is 10.7. The van der Waals surface area contributed by atoms with Crippen LogP contribution in [0.3, 0.4) is 0 Å². The van der Waals surface area contributed by atoms with E-state index < -0.39 is 0 Å². The molecule has 0 saturated carbocycles. The first-order chi connectivity index (χ1) is 8.15. The SMILES string of the molecule is CO/N=C(\C)c1ccccc1CON=C(C)C. The molecule has 0 bridgehead atoms. The molecule has 17 heavy (non-hydrogen) atoms. The highest BCUT2D eigenvalue weighted by Crippen LogP contribution is 2.12. The van der Waals surface area contributed by atoms with Crippen molar-refractivity contribution >= 4 is 11.4 Å². The van der Waals surface area contributed by atoms with E-state index in [-0.39, 0.29) is 0 Å². The van der Waals surface area contributed by atoms with Crippen molar-refractivity contribution in [1.29, 1.82) is 0 Å². The number of nitrogens with zero attached hydrogens (tertiary/aromatic N) is 2. The summed E-state index contributed by atoms with van der Waals surface area (Å²) in [5, 5.41) is 7.84. The predicted octanol–water partition coefficient (Wildman–Crippen LogP) is 2.97. The Hall–Kier alpha value is -1.84. The average Bonchev–Trinajstić information content (AvgIpc) is 2.29. The van der Waals surface area contributed by atoms with E-state index in [0.717, 1.165) is 22.6 Å². The average molecular weight is 234 g/mol. The maximum Gasteiger partial charge on any atom is 0.142 e. The molecule has 4 heteroatoms. The van der Waals surface area contributed by atoms with E-state index in [1.165, 1.54) is 7.11 Å². The van der Waals surface area contributed by atoms with Crippen LogP contribution in [0.25, 0.3) is 0 Å². The van der Waals surface area contributed by atoms with Gasteiger partial charge in [0.05, 0.1) is 11.4 Å². The maximum atomic E-state index is 5.24. The highest BCUT2D eigenvalue weighted by Gasteiger charge is 2.05. The Morgan fingerprint density at radius 2 is 1.82 bits per heavy atom. The molecule has 0 radical (unpaired) electrons. The third-order valence-corrected chi connectivity index (χ3v) is 2.10. The van der Waals surface area contributed by atoms with Crippen LogP contribution >= 0.6 is 0 Å². The van der Waals surface area contributed by atoms with Crippen LogP contribution in [0.5, 0.6) is 0 Å². The molecular formula is C13H18N2O2. The Bertz CT molecular complexity index is 421. The van der Waals surface area contributed by atoms with Gasteiger partial charge in [0.2, 0.25) is 0 Å². The van der Waals surface area contributed by atoms with Crippen LogP contribution in [0.1, 0.15) is 31.9 Å². The summed E-state index contributed by atoms with van der Waals surface area (Å²) >= 11 is 0. The van der Waals surface area contributed by atoms with E-state index in [0.29, 0.717) is 6.61 Å². The lowest BCUT2D eigenvalue weighted by Gasteiger charge is -2.07. The molecular weight excluding hydrogens is 216 g/mol. The standard InChI is InChI=1S/C13H18N2O2/c1-10(2)14-17-9-12-7-5-6-8-13(12)11(3)15-16-4/h5-8H,9H2,1-4H3/b15-11+. The molecule has 0 N–H and O–H groups in total. The molecule has 1 aromatic rings. The predicted molar refractivity (Wildman–Crippen MR) is 69.2 cm³/mol. The third kappa shape index (κ3) is 4.26. The molecule has 0 heterocycles. The summed E-state index contributed by atoms with van der Waals surface area (Å²) in [5.41, 5.74) is 3.77. The van der Waals surface area contributed by atoms with Crippen molar-refractivity contribution in [2.24, 2.45) is 10.3 Å². The van der Waals surface area contributed by atoms with E-state index in [9.17, 15) is 0 Å². The van der Waals surface area contributed by atoms with Crippen molar-refractivity contribution in [1.82, 2.24) is 0 Å². The fraction of sp³-hybridized carbons (Fsp3) is 0.385. The van der Waals surface area contributed by atoms with Crippen molar-refractivity contribution in [3.63, 3.8) is 0 Å². The number of oxime groups is 2. The molecule has 0 aliphatic carbocycles. The molecule has 1 rings (SSSR count). The lowest BCUT2D eigenvalue weighted by molar-refractivity contribution is 0.130. The second-order valence-electron chi connectivity index (χ2n) is 3.83. The minimum atomic E-state index is 0.428. The van der Waals surface area contributed by atoms with Crippen LogP contribution in [0, 0.1) is 0 Å². The van der Waals surface area contributed by atoms with Crippen molar-refractivity contribution < 1.29 is 9.68 Å². The Morgan fingerprint density at radius 1 is 1.12 bits per heavy atom. The highest BCUT2D eigenvalue weighted by atomic mass is 16.6. The molecule has 92 valence electrons. The number of hydrogen-bond donors (Lipinski definition) is 0. The number of benzene rings is 1. The van der Waals surface area contributed by atoms with Gasteiger partial charge in [-0.2, -0.15) is 0 Å². The van der Waals surface area contributed by atoms with Gasteiger partial charge in [0.1, 0.15) is 13.7 Å². The minimum absolute atomic E-state index is 0.428. The summed E-state index contributed by atoms with van der Waals surface area (Å²) in [6.45, 7) is 6.11. The Balaban J connectivity index is 2.85. The van der Waals surface area contributed by atoms with Crippen LogP contribution in [-0.2, 0) is 16.3 Å². The van der Waals surface area contributed by atoms with Gasteiger partial charge < -0.3 is 9.68 Å². The summed E-state index contributed by atoms with van der Waals surface area (Å²) in [5.74, 6) is 0. The summed E-state index contributed by atoms with van der Waals surface area (Å²) in [7, 11) is 1.54. The summed E-state index contributed by atoms with van der Waals surface area (Å²) in [6.07, 6.45) is 0. The Kier molecular flexibility index (Phi) is 5.20. The minimum Gasteiger partial charge on any atom is -0.399 e. The molecule has 0 aromatic heterocycles. The third-order valence-electron chi connectivity index (χ3n) is 2.10. The van der Waals surface area contributed by atoms with E-state index >= 15 is 0 Å². The smallest absolute Gasteiger partial charge is 0.142 e. The monoisotopic (exact) mass is 234 g/mol. The summed E-state index contributed by atoms with van der Waals surface area (Å²) in [6, 6.07) is 7.90. The Morgan fingerprint density at radius 3 is 2.47 bits per heavy atom. The summed E-state index contributed by atoms with van der Waals surface area (Å²) < 4.78 is 0. The fourth-order valence-corrected chi connectivity index (χ4v) is 1.42. The molecule has 0 atom stereocenters. The van der Waals surface area contributed by atoms with E-state index in [1.54, 1.807) is 0 Å². The first kappa shape index (κ1) is 13.2. The topological polar surface area (TPSA) is 43.2 Å².